The second kappa shape index (κ2) is 12.7. The Labute approximate surface area is 206 Å². The van der Waals surface area contributed by atoms with Crippen LogP contribution in [-0.2, 0) is 30.7 Å². The van der Waals surface area contributed by atoms with Crippen molar-refractivity contribution < 1.29 is 18.9 Å². The summed E-state index contributed by atoms with van der Waals surface area (Å²) in [7, 11) is 8.27. The number of fused-ring (bicyclic) bond motifs is 1. The summed E-state index contributed by atoms with van der Waals surface area (Å²) in [6.45, 7) is 1.86. The molecule has 2 heterocycles. The number of hydrogen-bond donors (Lipinski definition) is 2. The summed E-state index contributed by atoms with van der Waals surface area (Å²) < 4.78 is 23.5. The highest BCUT2D eigenvalue weighted by atomic mass is 127. The Kier molecular flexibility index (Phi) is 10.3. The molecule has 0 saturated carbocycles. The lowest BCUT2D eigenvalue weighted by Gasteiger charge is -2.25. The lowest BCUT2D eigenvalue weighted by Crippen LogP contribution is -2.47. The highest BCUT2D eigenvalue weighted by Crippen LogP contribution is 2.39. The number of nitrogens with zero attached hydrogens (tertiary/aromatic N) is 4. The van der Waals surface area contributed by atoms with E-state index in [9.17, 15) is 0 Å². The number of halogens is 1. The first kappa shape index (κ1) is 26.0. The lowest BCUT2D eigenvalue weighted by molar-refractivity contribution is 0.177. The fourth-order valence-corrected chi connectivity index (χ4v) is 3.73. The predicted molar refractivity (Wildman–Crippen MR) is 133 cm³/mol. The highest BCUT2D eigenvalue weighted by molar-refractivity contribution is 14.0. The minimum Gasteiger partial charge on any atom is -0.493 e. The average Bonchev–Trinajstić information content (AvgIpc) is 3.19. The third-order valence-corrected chi connectivity index (χ3v) is 5.21. The number of ether oxygens (including phenoxy) is 4. The number of hydrogen-bond acceptors (Lipinski definition) is 7. The Bertz CT molecular complexity index is 905. The quantitative estimate of drug-likeness (QED) is 0.272. The maximum Gasteiger partial charge on any atom is 0.203 e. The van der Waals surface area contributed by atoms with Gasteiger partial charge in [-0.05, 0) is 18.9 Å². The molecule has 0 amide bonds. The second-order valence-electron chi connectivity index (χ2n) is 7.18. The van der Waals surface area contributed by atoms with E-state index in [1.807, 2.05) is 16.8 Å². The van der Waals surface area contributed by atoms with Gasteiger partial charge in [0.1, 0.15) is 12.4 Å². The Balaban J connectivity index is 0.00000363. The topological polar surface area (TPSA) is 104 Å². The summed E-state index contributed by atoms with van der Waals surface area (Å²) in [6, 6.07) is 4.11. The van der Waals surface area contributed by atoms with Gasteiger partial charge in [-0.15, -0.1) is 24.0 Å². The molecule has 1 aliphatic heterocycles. The van der Waals surface area contributed by atoms with Crippen molar-refractivity contribution >= 4 is 29.9 Å². The lowest BCUT2D eigenvalue weighted by atomic mass is 10.1. The van der Waals surface area contributed by atoms with Crippen LogP contribution in [0.5, 0.6) is 17.2 Å². The van der Waals surface area contributed by atoms with Crippen molar-refractivity contribution in [3.05, 3.63) is 29.3 Å². The van der Waals surface area contributed by atoms with Gasteiger partial charge < -0.3 is 29.6 Å². The van der Waals surface area contributed by atoms with Crippen LogP contribution in [0.25, 0.3) is 0 Å². The van der Waals surface area contributed by atoms with Crippen molar-refractivity contribution in [2.45, 2.75) is 38.5 Å². The largest absolute Gasteiger partial charge is 0.493 e. The van der Waals surface area contributed by atoms with Crippen LogP contribution in [0.1, 0.15) is 23.6 Å². The summed E-state index contributed by atoms with van der Waals surface area (Å²) >= 11 is 0. The smallest absolute Gasteiger partial charge is 0.203 e. The van der Waals surface area contributed by atoms with E-state index in [1.165, 1.54) is 0 Å². The van der Waals surface area contributed by atoms with Crippen molar-refractivity contribution in [1.29, 1.82) is 0 Å². The molecule has 1 atom stereocenters. The first-order valence-electron chi connectivity index (χ1n) is 10.3. The monoisotopic (exact) mass is 560 g/mol. The van der Waals surface area contributed by atoms with Gasteiger partial charge in [0.25, 0.3) is 0 Å². The molecule has 1 unspecified atom stereocenters. The molecule has 0 aliphatic carbocycles. The van der Waals surface area contributed by atoms with Crippen LogP contribution in [0.15, 0.2) is 17.1 Å². The molecule has 1 aliphatic rings. The third-order valence-electron chi connectivity index (χ3n) is 5.21. The molecule has 178 valence electrons. The van der Waals surface area contributed by atoms with Crippen molar-refractivity contribution in [1.82, 2.24) is 25.4 Å². The van der Waals surface area contributed by atoms with Crippen LogP contribution in [-0.4, -0.2) is 68.8 Å². The Morgan fingerprint density at radius 2 is 1.94 bits per heavy atom. The number of guanidine groups is 1. The van der Waals surface area contributed by atoms with Crippen molar-refractivity contribution in [3.63, 3.8) is 0 Å². The van der Waals surface area contributed by atoms with Crippen LogP contribution >= 0.6 is 24.0 Å². The summed E-state index contributed by atoms with van der Waals surface area (Å²) in [4.78, 5) is 8.88. The van der Waals surface area contributed by atoms with E-state index in [1.54, 1.807) is 35.5 Å². The summed E-state index contributed by atoms with van der Waals surface area (Å²) in [5.74, 6) is 4.42. The van der Waals surface area contributed by atoms with Gasteiger partial charge in [0.2, 0.25) is 5.75 Å². The Morgan fingerprint density at radius 1 is 1.16 bits per heavy atom. The molecule has 32 heavy (non-hydrogen) atoms. The molecule has 11 heteroatoms. The van der Waals surface area contributed by atoms with E-state index >= 15 is 0 Å². The SMILES string of the molecule is CN=C(NCCc1ccc(OC)c(OC)c1OC)NC1CCc2nc(COC)nn2C1.I. The molecule has 1 aromatic carbocycles. The van der Waals surface area contributed by atoms with E-state index in [-0.39, 0.29) is 30.0 Å². The van der Waals surface area contributed by atoms with Crippen LogP contribution in [0, 0.1) is 0 Å². The predicted octanol–water partition coefficient (Wildman–Crippen LogP) is 1.79. The number of benzene rings is 1. The third kappa shape index (κ3) is 6.15. The number of aryl methyl sites for hydroxylation is 1. The zero-order chi connectivity index (χ0) is 22.2. The van der Waals surface area contributed by atoms with Crippen molar-refractivity contribution in [2.24, 2.45) is 4.99 Å². The van der Waals surface area contributed by atoms with Crippen LogP contribution in [0.3, 0.4) is 0 Å². The van der Waals surface area contributed by atoms with E-state index < -0.39 is 0 Å². The van der Waals surface area contributed by atoms with E-state index in [0.29, 0.717) is 30.4 Å². The minimum absolute atomic E-state index is 0. The van der Waals surface area contributed by atoms with Gasteiger partial charge in [0.05, 0.1) is 27.9 Å². The fraction of sp³-hybridized carbons (Fsp3) is 0.571. The molecule has 0 fully saturated rings. The maximum atomic E-state index is 5.56. The second-order valence-corrected chi connectivity index (χ2v) is 7.18. The van der Waals surface area contributed by atoms with Gasteiger partial charge in [0.15, 0.2) is 23.3 Å². The van der Waals surface area contributed by atoms with Crippen LogP contribution in [0.2, 0.25) is 0 Å². The highest BCUT2D eigenvalue weighted by Gasteiger charge is 2.22. The summed E-state index contributed by atoms with van der Waals surface area (Å²) in [5, 5.41) is 11.4. The van der Waals surface area contributed by atoms with E-state index in [2.05, 4.69) is 25.7 Å². The molecule has 2 N–H and O–H groups in total. The van der Waals surface area contributed by atoms with Crippen molar-refractivity contribution in [3.8, 4) is 17.2 Å². The molecule has 10 nitrogen and oxygen atoms in total. The molecule has 0 radical (unpaired) electrons. The molecule has 0 bridgehead atoms. The number of aromatic nitrogens is 3. The molecule has 3 rings (SSSR count). The maximum absolute atomic E-state index is 5.56. The Hall–Kier alpha value is -2.28. The number of methoxy groups -OCH3 is 4. The van der Waals surface area contributed by atoms with Gasteiger partial charge in [-0.1, -0.05) is 6.07 Å². The molecular weight excluding hydrogens is 527 g/mol. The normalized spacial score (nSPS) is 15.4. The van der Waals surface area contributed by atoms with E-state index in [4.69, 9.17) is 18.9 Å². The zero-order valence-electron chi connectivity index (χ0n) is 19.3. The van der Waals surface area contributed by atoms with Gasteiger partial charge in [0, 0.05) is 38.7 Å². The molecule has 0 saturated heterocycles. The van der Waals surface area contributed by atoms with Gasteiger partial charge in [-0.25, -0.2) is 9.67 Å². The number of aliphatic imine (C=N–C) groups is 1. The number of nitrogens with one attached hydrogen (secondary N) is 2. The standard InChI is InChI=1S/C21H32N6O4.HI/c1-22-21(24-15-7-9-18-25-17(13-28-2)26-27(18)12-15)23-11-10-14-6-8-16(29-3)20(31-5)19(14)30-4;/h6,8,15H,7,9-13H2,1-5H3,(H2,22,23,24);1H. The Morgan fingerprint density at radius 3 is 2.59 bits per heavy atom. The molecule has 1 aromatic heterocycles. The minimum atomic E-state index is 0. The first-order valence-corrected chi connectivity index (χ1v) is 10.3. The summed E-state index contributed by atoms with van der Waals surface area (Å²) in [5.41, 5.74) is 1.03. The van der Waals surface area contributed by atoms with Crippen molar-refractivity contribution in [2.75, 3.05) is 42.0 Å². The van der Waals surface area contributed by atoms with Crippen LogP contribution in [0.4, 0.5) is 0 Å². The van der Waals surface area contributed by atoms with Crippen LogP contribution < -0.4 is 24.8 Å². The summed E-state index contributed by atoms with van der Waals surface area (Å²) in [6.07, 6.45) is 2.58. The molecular formula is C21H33IN6O4. The average molecular weight is 560 g/mol. The van der Waals surface area contributed by atoms with Gasteiger partial charge >= 0.3 is 0 Å². The zero-order valence-corrected chi connectivity index (χ0v) is 21.6. The van der Waals surface area contributed by atoms with Gasteiger partial charge in [-0.3, -0.25) is 4.99 Å². The number of rotatable bonds is 9. The first-order chi connectivity index (χ1) is 15.1. The van der Waals surface area contributed by atoms with Gasteiger partial charge in [-0.2, -0.15) is 5.10 Å². The molecule has 2 aromatic rings. The van der Waals surface area contributed by atoms with E-state index in [0.717, 1.165) is 49.0 Å². The fourth-order valence-electron chi connectivity index (χ4n) is 3.73. The molecule has 0 spiro atoms.